The van der Waals surface area contributed by atoms with Gasteiger partial charge in [-0.1, -0.05) is 6.07 Å². The average Bonchev–Trinajstić information content (AvgIpc) is 2.92. The zero-order valence-electron chi connectivity index (χ0n) is 13.8. The number of aromatic nitrogens is 1. The van der Waals surface area contributed by atoms with E-state index in [2.05, 4.69) is 4.98 Å². The number of benzene rings is 1. The van der Waals surface area contributed by atoms with Crippen LogP contribution < -0.4 is 10.6 Å². The molecule has 3 N–H and O–H groups in total. The van der Waals surface area contributed by atoms with E-state index in [-0.39, 0.29) is 11.7 Å². The molecule has 0 radical (unpaired) electrons. The van der Waals surface area contributed by atoms with Crippen LogP contribution in [0.4, 0.5) is 11.4 Å². The van der Waals surface area contributed by atoms with E-state index in [1.807, 2.05) is 25.1 Å². The van der Waals surface area contributed by atoms with Crippen LogP contribution in [-0.4, -0.2) is 23.2 Å². The summed E-state index contributed by atoms with van der Waals surface area (Å²) in [6.07, 6.45) is 4.04. The molecule has 5 nitrogen and oxygen atoms in total. The molecule has 0 saturated carbocycles. The Bertz CT molecular complexity index is 851. The summed E-state index contributed by atoms with van der Waals surface area (Å²) in [7, 11) is 0. The highest BCUT2D eigenvalue weighted by molar-refractivity contribution is 6.10. The van der Waals surface area contributed by atoms with Gasteiger partial charge in [-0.3, -0.25) is 9.59 Å². The Labute approximate surface area is 140 Å². The van der Waals surface area contributed by atoms with Crippen molar-refractivity contribution in [3.8, 4) is 0 Å². The molecule has 0 spiro atoms. The van der Waals surface area contributed by atoms with Crippen LogP contribution in [0.5, 0.6) is 0 Å². The van der Waals surface area contributed by atoms with Gasteiger partial charge < -0.3 is 15.6 Å². The quantitative estimate of drug-likeness (QED) is 0.792. The number of hydrogen-bond donors (Lipinski definition) is 2. The van der Waals surface area contributed by atoms with Crippen molar-refractivity contribution in [1.29, 1.82) is 0 Å². The molecule has 2 aliphatic rings. The van der Waals surface area contributed by atoms with E-state index in [4.69, 9.17) is 5.73 Å². The van der Waals surface area contributed by atoms with Gasteiger partial charge in [0.1, 0.15) is 5.69 Å². The Morgan fingerprint density at radius 3 is 2.83 bits per heavy atom. The average molecular weight is 323 g/mol. The number of hydrogen-bond acceptors (Lipinski definition) is 3. The number of ketones is 1. The lowest BCUT2D eigenvalue weighted by Gasteiger charge is -2.30. The zero-order chi connectivity index (χ0) is 16.8. The number of aromatic amines is 1. The maximum Gasteiger partial charge on any atom is 0.274 e. The molecule has 24 heavy (non-hydrogen) atoms. The van der Waals surface area contributed by atoms with Crippen LogP contribution in [0.15, 0.2) is 18.2 Å². The van der Waals surface area contributed by atoms with Crippen LogP contribution >= 0.6 is 0 Å². The van der Waals surface area contributed by atoms with Crippen molar-refractivity contribution in [2.75, 3.05) is 17.2 Å². The standard InChI is InChI=1S/C19H21N3O2/c1-11-17-14(7-3-9-16(17)23)21-18(11)19(24)22-10-4-5-12-13(20)6-2-8-15(12)22/h2,6,8,21H,3-5,7,9-10,20H2,1H3. The van der Waals surface area contributed by atoms with E-state index >= 15 is 0 Å². The van der Waals surface area contributed by atoms with E-state index in [1.54, 1.807) is 4.90 Å². The SMILES string of the molecule is Cc1c(C(=O)N2CCCc3c(N)cccc32)[nH]c2c1C(=O)CCC2. The molecule has 5 heteroatoms. The maximum atomic E-state index is 13.2. The Morgan fingerprint density at radius 1 is 1.21 bits per heavy atom. The number of carbonyl (C=O) groups excluding carboxylic acids is 2. The smallest absolute Gasteiger partial charge is 0.274 e. The van der Waals surface area contributed by atoms with Crippen LogP contribution in [0.3, 0.4) is 0 Å². The van der Waals surface area contributed by atoms with Crippen molar-refractivity contribution in [3.63, 3.8) is 0 Å². The van der Waals surface area contributed by atoms with E-state index in [1.165, 1.54) is 0 Å². The number of amides is 1. The molecular formula is C19H21N3O2. The molecule has 4 rings (SSSR count). The van der Waals surface area contributed by atoms with Crippen LogP contribution in [0.2, 0.25) is 0 Å². The van der Waals surface area contributed by atoms with Gasteiger partial charge in [0.25, 0.3) is 5.91 Å². The van der Waals surface area contributed by atoms with Crippen molar-refractivity contribution in [3.05, 3.63) is 46.3 Å². The number of Topliss-reactive ketones (excluding diaryl/α,β-unsaturated/α-hetero) is 1. The summed E-state index contributed by atoms with van der Waals surface area (Å²) in [5.41, 5.74) is 11.7. The monoisotopic (exact) mass is 323 g/mol. The number of rotatable bonds is 1. The van der Waals surface area contributed by atoms with Gasteiger partial charge in [-0.15, -0.1) is 0 Å². The Kier molecular flexibility index (Phi) is 3.44. The highest BCUT2D eigenvalue weighted by Gasteiger charge is 2.31. The highest BCUT2D eigenvalue weighted by Crippen LogP contribution is 2.34. The third-order valence-corrected chi connectivity index (χ3v) is 5.18. The molecule has 0 unspecified atom stereocenters. The summed E-state index contributed by atoms with van der Waals surface area (Å²) in [5.74, 6) is 0.0774. The summed E-state index contributed by atoms with van der Waals surface area (Å²) in [6, 6.07) is 5.71. The van der Waals surface area contributed by atoms with Crippen molar-refractivity contribution in [1.82, 2.24) is 4.98 Å². The number of carbonyl (C=O) groups is 2. The van der Waals surface area contributed by atoms with E-state index in [9.17, 15) is 9.59 Å². The normalized spacial score (nSPS) is 16.7. The number of nitrogen functional groups attached to an aromatic ring is 1. The molecular weight excluding hydrogens is 302 g/mol. The predicted molar refractivity (Wildman–Crippen MR) is 93.7 cm³/mol. The Balaban J connectivity index is 1.77. The van der Waals surface area contributed by atoms with Gasteiger partial charge in [-0.25, -0.2) is 0 Å². The van der Waals surface area contributed by atoms with E-state index in [0.29, 0.717) is 18.7 Å². The first-order valence-corrected chi connectivity index (χ1v) is 8.52. The van der Waals surface area contributed by atoms with Gasteiger partial charge >= 0.3 is 0 Å². The number of nitrogens with one attached hydrogen (secondary N) is 1. The first-order valence-electron chi connectivity index (χ1n) is 8.52. The van der Waals surface area contributed by atoms with Crippen LogP contribution in [0, 0.1) is 6.92 Å². The fourth-order valence-electron chi connectivity index (χ4n) is 3.99. The molecule has 1 aliphatic heterocycles. The van der Waals surface area contributed by atoms with Crippen molar-refractivity contribution < 1.29 is 9.59 Å². The molecule has 1 aromatic carbocycles. The number of fused-ring (bicyclic) bond motifs is 2. The van der Waals surface area contributed by atoms with Crippen molar-refractivity contribution in [2.24, 2.45) is 0 Å². The number of H-pyrrole nitrogens is 1. The number of anilines is 2. The third-order valence-electron chi connectivity index (χ3n) is 5.18. The molecule has 124 valence electrons. The second-order valence-corrected chi connectivity index (χ2v) is 6.66. The molecule has 1 amide bonds. The zero-order valence-corrected chi connectivity index (χ0v) is 13.8. The Morgan fingerprint density at radius 2 is 2.04 bits per heavy atom. The first kappa shape index (κ1) is 15.0. The number of nitrogens with zero attached hydrogens (tertiary/aromatic N) is 1. The van der Waals surface area contributed by atoms with E-state index in [0.717, 1.165) is 59.4 Å². The van der Waals surface area contributed by atoms with Gasteiger partial charge in [0, 0.05) is 35.6 Å². The van der Waals surface area contributed by atoms with Gasteiger partial charge in [0.2, 0.25) is 0 Å². The van der Waals surface area contributed by atoms with Gasteiger partial charge in [-0.05, 0) is 55.9 Å². The topological polar surface area (TPSA) is 79.2 Å². The summed E-state index contributed by atoms with van der Waals surface area (Å²) in [4.78, 5) is 30.4. The summed E-state index contributed by atoms with van der Waals surface area (Å²) < 4.78 is 0. The van der Waals surface area contributed by atoms with Crippen molar-refractivity contribution >= 4 is 23.1 Å². The fraction of sp³-hybridized carbons (Fsp3) is 0.368. The molecule has 0 saturated heterocycles. The lowest BCUT2D eigenvalue weighted by atomic mass is 9.93. The minimum absolute atomic E-state index is 0.0683. The molecule has 1 aliphatic carbocycles. The number of aryl methyl sites for hydroxylation is 1. The van der Waals surface area contributed by atoms with Crippen LogP contribution in [0.1, 0.15) is 56.9 Å². The molecule has 0 fully saturated rings. The largest absolute Gasteiger partial charge is 0.398 e. The predicted octanol–water partition coefficient (Wildman–Crippen LogP) is 3.02. The second-order valence-electron chi connectivity index (χ2n) is 6.66. The first-order chi connectivity index (χ1) is 11.6. The molecule has 0 atom stereocenters. The van der Waals surface area contributed by atoms with E-state index < -0.39 is 0 Å². The summed E-state index contributed by atoms with van der Waals surface area (Å²) in [5, 5.41) is 0. The lowest BCUT2D eigenvalue weighted by molar-refractivity contribution is 0.0969. The minimum Gasteiger partial charge on any atom is -0.398 e. The highest BCUT2D eigenvalue weighted by atomic mass is 16.2. The molecule has 2 aromatic rings. The van der Waals surface area contributed by atoms with Gasteiger partial charge in [-0.2, -0.15) is 0 Å². The van der Waals surface area contributed by atoms with Gasteiger partial charge in [0.15, 0.2) is 5.78 Å². The molecule has 1 aromatic heterocycles. The molecule has 2 heterocycles. The van der Waals surface area contributed by atoms with Crippen LogP contribution in [-0.2, 0) is 12.8 Å². The third kappa shape index (κ3) is 2.15. The fourth-order valence-corrected chi connectivity index (χ4v) is 3.99. The second kappa shape index (κ2) is 5.51. The Hall–Kier alpha value is -2.56. The summed E-state index contributed by atoms with van der Waals surface area (Å²) >= 11 is 0. The van der Waals surface area contributed by atoms with Gasteiger partial charge in [0.05, 0.1) is 0 Å². The van der Waals surface area contributed by atoms with Crippen LogP contribution in [0.25, 0.3) is 0 Å². The minimum atomic E-state index is -0.0683. The molecule has 0 bridgehead atoms. The maximum absolute atomic E-state index is 13.2. The number of nitrogens with two attached hydrogens (primary N) is 1. The lowest BCUT2D eigenvalue weighted by Crippen LogP contribution is -2.36. The van der Waals surface area contributed by atoms with Crippen molar-refractivity contribution in [2.45, 2.75) is 39.0 Å². The summed E-state index contributed by atoms with van der Waals surface area (Å²) in [6.45, 7) is 2.54.